The van der Waals surface area contributed by atoms with Gasteiger partial charge in [0.25, 0.3) is 5.91 Å². The lowest BCUT2D eigenvalue weighted by Crippen LogP contribution is -2.24. The minimum atomic E-state index is -0.247. The molecule has 0 bridgehead atoms. The molecule has 20 heavy (non-hydrogen) atoms. The van der Waals surface area contributed by atoms with Gasteiger partial charge in [0, 0.05) is 5.92 Å². The number of hydrogen-bond donors (Lipinski definition) is 2. The summed E-state index contributed by atoms with van der Waals surface area (Å²) in [7, 11) is 0. The Bertz CT molecular complexity index is 716. The fraction of sp³-hybridized carbons (Fsp3) is 0.375. The van der Waals surface area contributed by atoms with Crippen LogP contribution in [0.15, 0.2) is 18.2 Å². The Morgan fingerprint density at radius 1 is 1.50 bits per heavy atom. The number of benzene rings is 1. The maximum Gasteiger partial charge on any atom is 0.296 e. The SMILES string of the molecule is CC#CC(=O)NC(C)c1ccc2nc(C3CC3)[nH]c2c1. The van der Waals surface area contributed by atoms with Gasteiger partial charge in [-0.2, -0.15) is 0 Å². The Morgan fingerprint density at radius 2 is 2.30 bits per heavy atom. The number of nitrogens with zero attached hydrogens (tertiary/aromatic N) is 1. The van der Waals surface area contributed by atoms with Crippen LogP contribution in [0, 0.1) is 11.8 Å². The molecule has 1 amide bonds. The Labute approximate surface area is 118 Å². The van der Waals surface area contributed by atoms with Crippen LogP contribution in [-0.2, 0) is 4.79 Å². The summed E-state index contributed by atoms with van der Waals surface area (Å²) in [5.74, 6) is 6.54. The third-order valence-corrected chi connectivity index (χ3v) is 3.57. The Morgan fingerprint density at radius 3 is 3.00 bits per heavy atom. The number of H-pyrrole nitrogens is 1. The zero-order chi connectivity index (χ0) is 14.1. The largest absolute Gasteiger partial charge is 0.342 e. The van der Waals surface area contributed by atoms with Crippen molar-refractivity contribution >= 4 is 16.9 Å². The van der Waals surface area contributed by atoms with E-state index in [4.69, 9.17) is 0 Å². The molecule has 1 atom stereocenters. The van der Waals surface area contributed by atoms with Crippen molar-refractivity contribution in [3.8, 4) is 11.8 Å². The molecule has 0 saturated heterocycles. The standard InChI is InChI=1S/C16H17N3O/c1-3-4-15(20)17-10(2)12-7-8-13-14(9-12)19-16(18-13)11-5-6-11/h7-11H,5-6H2,1-2H3,(H,17,20)(H,18,19). The molecule has 1 saturated carbocycles. The molecule has 4 nitrogen and oxygen atoms in total. The van der Waals surface area contributed by atoms with Crippen LogP contribution < -0.4 is 5.32 Å². The van der Waals surface area contributed by atoms with Crippen molar-refractivity contribution in [2.75, 3.05) is 0 Å². The van der Waals surface area contributed by atoms with E-state index in [-0.39, 0.29) is 11.9 Å². The first-order valence-corrected chi connectivity index (χ1v) is 6.90. The van der Waals surface area contributed by atoms with Gasteiger partial charge in [0.1, 0.15) is 5.82 Å². The molecule has 1 aliphatic carbocycles. The summed E-state index contributed by atoms with van der Waals surface area (Å²) in [6.07, 6.45) is 2.46. The Balaban J connectivity index is 1.83. The predicted molar refractivity (Wildman–Crippen MR) is 78.1 cm³/mol. The van der Waals surface area contributed by atoms with Gasteiger partial charge in [0.2, 0.25) is 0 Å². The summed E-state index contributed by atoms with van der Waals surface area (Å²) >= 11 is 0. The van der Waals surface area contributed by atoms with Gasteiger partial charge in [-0.3, -0.25) is 4.79 Å². The van der Waals surface area contributed by atoms with Crippen molar-refractivity contribution in [2.24, 2.45) is 0 Å². The molecular weight excluding hydrogens is 250 g/mol. The van der Waals surface area contributed by atoms with E-state index in [2.05, 4.69) is 33.2 Å². The summed E-state index contributed by atoms with van der Waals surface area (Å²) in [5, 5.41) is 2.86. The second kappa shape index (κ2) is 5.01. The van der Waals surface area contributed by atoms with Gasteiger partial charge in [0.05, 0.1) is 17.1 Å². The minimum absolute atomic E-state index is 0.0691. The smallest absolute Gasteiger partial charge is 0.296 e. The van der Waals surface area contributed by atoms with Gasteiger partial charge in [-0.25, -0.2) is 4.98 Å². The van der Waals surface area contributed by atoms with Crippen molar-refractivity contribution in [2.45, 2.75) is 38.6 Å². The molecule has 102 valence electrons. The molecule has 0 spiro atoms. The fourth-order valence-corrected chi connectivity index (χ4v) is 2.30. The van der Waals surface area contributed by atoms with Crippen LogP contribution in [0.25, 0.3) is 11.0 Å². The molecular formula is C16H17N3O. The van der Waals surface area contributed by atoms with Crippen LogP contribution in [0.4, 0.5) is 0 Å². The van der Waals surface area contributed by atoms with Crippen molar-refractivity contribution < 1.29 is 4.79 Å². The predicted octanol–water partition coefficient (Wildman–Crippen LogP) is 2.64. The molecule has 1 aromatic heterocycles. The number of aromatic nitrogens is 2. The van der Waals surface area contributed by atoms with Crippen molar-refractivity contribution in [3.63, 3.8) is 0 Å². The number of amides is 1. The van der Waals surface area contributed by atoms with Crippen molar-refractivity contribution in [1.29, 1.82) is 0 Å². The van der Waals surface area contributed by atoms with E-state index >= 15 is 0 Å². The Hall–Kier alpha value is -2.28. The molecule has 2 N–H and O–H groups in total. The molecule has 1 fully saturated rings. The quantitative estimate of drug-likeness (QED) is 0.840. The maximum atomic E-state index is 11.5. The maximum absolute atomic E-state index is 11.5. The second-order valence-electron chi connectivity index (χ2n) is 5.24. The van der Waals surface area contributed by atoms with Crippen LogP contribution in [0.3, 0.4) is 0 Å². The van der Waals surface area contributed by atoms with Gasteiger partial charge < -0.3 is 10.3 Å². The van der Waals surface area contributed by atoms with Crippen LogP contribution in [-0.4, -0.2) is 15.9 Å². The van der Waals surface area contributed by atoms with Crippen LogP contribution in [0.2, 0.25) is 0 Å². The van der Waals surface area contributed by atoms with E-state index in [9.17, 15) is 4.79 Å². The number of nitrogens with one attached hydrogen (secondary N) is 2. The first-order chi connectivity index (χ1) is 9.67. The summed E-state index contributed by atoms with van der Waals surface area (Å²) in [6, 6.07) is 5.99. The normalized spacial score (nSPS) is 15.5. The first kappa shape index (κ1) is 12.7. The van der Waals surface area contributed by atoms with E-state index in [1.165, 1.54) is 12.8 Å². The molecule has 1 aliphatic rings. The molecule has 1 heterocycles. The van der Waals surface area contributed by atoms with Gasteiger partial charge >= 0.3 is 0 Å². The topological polar surface area (TPSA) is 57.8 Å². The van der Waals surface area contributed by atoms with E-state index in [1.807, 2.05) is 19.1 Å². The zero-order valence-electron chi connectivity index (χ0n) is 11.7. The molecule has 1 unspecified atom stereocenters. The molecule has 4 heteroatoms. The number of carbonyl (C=O) groups is 1. The number of fused-ring (bicyclic) bond motifs is 1. The first-order valence-electron chi connectivity index (χ1n) is 6.90. The number of rotatable bonds is 3. The van der Waals surface area contributed by atoms with E-state index < -0.39 is 0 Å². The van der Waals surface area contributed by atoms with E-state index in [0.717, 1.165) is 22.4 Å². The highest BCUT2D eigenvalue weighted by Crippen LogP contribution is 2.39. The van der Waals surface area contributed by atoms with Gasteiger partial charge in [-0.05, 0) is 50.3 Å². The number of hydrogen-bond acceptors (Lipinski definition) is 2. The number of carbonyl (C=O) groups excluding carboxylic acids is 1. The zero-order valence-corrected chi connectivity index (χ0v) is 11.7. The summed E-state index contributed by atoms with van der Waals surface area (Å²) in [5.41, 5.74) is 3.07. The molecule has 3 rings (SSSR count). The second-order valence-corrected chi connectivity index (χ2v) is 5.24. The third kappa shape index (κ3) is 2.53. The fourth-order valence-electron chi connectivity index (χ4n) is 2.30. The molecule has 1 aromatic carbocycles. The third-order valence-electron chi connectivity index (χ3n) is 3.57. The Kier molecular flexibility index (Phi) is 3.19. The summed E-state index contributed by atoms with van der Waals surface area (Å²) in [4.78, 5) is 19.5. The van der Waals surface area contributed by atoms with Crippen LogP contribution in [0.5, 0.6) is 0 Å². The number of aromatic amines is 1. The molecule has 2 aromatic rings. The lowest BCUT2D eigenvalue weighted by Gasteiger charge is -2.11. The van der Waals surface area contributed by atoms with E-state index in [1.54, 1.807) is 6.92 Å². The number of imidazole rings is 1. The van der Waals surface area contributed by atoms with Gasteiger partial charge in [0.15, 0.2) is 0 Å². The summed E-state index contributed by atoms with van der Waals surface area (Å²) in [6.45, 7) is 3.61. The highest BCUT2D eigenvalue weighted by atomic mass is 16.1. The highest BCUT2D eigenvalue weighted by molar-refractivity contribution is 5.93. The monoisotopic (exact) mass is 267 g/mol. The van der Waals surface area contributed by atoms with E-state index in [0.29, 0.717) is 5.92 Å². The molecule has 0 radical (unpaired) electrons. The van der Waals surface area contributed by atoms with Gasteiger partial charge in [-0.15, -0.1) is 0 Å². The minimum Gasteiger partial charge on any atom is -0.342 e. The molecule has 0 aliphatic heterocycles. The van der Waals surface area contributed by atoms with Crippen LogP contribution >= 0.6 is 0 Å². The average Bonchev–Trinajstić information content (AvgIpc) is 3.18. The lowest BCUT2D eigenvalue weighted by atomic mass is 10.1. The summed E-state index contributed by atoms with van der Waals surface area (Å²) < 4.78 is 0. The average molecular weight is 267 g/mol. The van der Waals surface area contributed by atoms with Crippen molar-refractivity contribution in [1.82, 2.24) is 15.3 Å². The van der Waals surface area contributed by atoms with Crippen LogP contribution in [0.1, 0.15) is 50.0 Å². The van der Waals surface area contributed by atoms with Crippen molar-refractivity contribution in [3.05, 3.63) is 29.6 Å². The van der Waals surface area contributed by atoms with Gasteiger partial charge in [-0.1, -0.05) is 12.0 Å². The highest BCUT2D eigenvalue weighted by Gasteiger charge is 2.26. The lowest BCUT2D eigenvalue weighted by molar-refractivity contribution is -0.116.